The smallest absolute Gasteiger partial charge is 0.259 e. The molecular weight excluding hydrogens is 493 g/mol. The Bertz CT molecular complexity index is 1380. The van der Waals surface area contributed by atoms with E-state index in [0.717, 1.165) is 0 Å². The molecule has 11 nitrogen and oxygen atoms in total. The monoisotopic (exact) mass is 524 g/mol. The quantitative estimate of drug-likeness (QED) is 0.186. The Morgan fingerprint density at radius 3 is 2.76 bits per heavy atom. The molecule has 38 heavy (non-hydrogen) atoms. The Labute approximate surface area is 219 Å². The number of halogens is 1. The molecule has 2 fully saturated rings. The molecule has 0 spiro atoms. The number of carbonyl (C=O) groups is 2. The van der Waals surface area contributed by atoms with Gasteiger partial charge >= 0.3 is 0 Å². The lowest BCUT2D eigenvalue weighted by molar-refractivity contribution is -0.576. The van der Waals surface area contributed by atoms with E-state index in [2.05, 4.69) is 28.4 Å². The second-order valence-electron chi connectivity index (χ2n) is 9.14. The zero-order chi connectivity index (χ0) is 27.4. The van der Waals surface area contributed by atoms with Gasteiger partial charge in [-0.3, -0.25) is 14.9 Å². The average Bonchev–Trinajstić information content (AvgIpc) is 3.44. The number of quaternary nitrogens is 1. The number of likely N-dealkylation sites (tertiary alicyclic amines) is 1. The third kappa shape index (κ3) is 5.45. The molecule has 2 saturated heterocycles. The average molecular weight is 525 g/mol. The van der Waals surface area contributed by atoms with Crippen molar-refractivity contribution in [3.63, 3.8) is 0 Å². The number of primary amides is 1. The zero-order valence-corrected chi connectivity index (χ0v) is 21.3. The minimum absolute atomic E-state index is 0.0764. The van der Waals surface area contributed by atoms with Gasteiger partial charge in [-0.2, -0.15) is 0 Å². The Hall–Kier alpha value is -4.05. The number of hydrogen-bond donors (Lipinski definition) is 3. The molecular formula is C26H31FN7O4+. The summed E-state index contributed by atoms with van der Waals surface area (Å²) in [5.74, 6) is 4.02. The van der Waals surface area contributed by atoms with E-state index in [1.807, 2.05) is 4.57 Å². The van der Waals surface area contributed by atoms with Crippen LogP contribution in [0.1, 0.15) is 18.0 Å². The number of ether oxygens (including phenoxy) is 2. The summed E-state index contributed by atoms with van der Waals surface area (Å²) in [5.41, 5.74) is 12.9. The standard InChI is InChI=1S/C26H30FN7O4/c1-4-23(35)33-10-16(8-17(33)11-37-3)32-26(30-2)24(25(29)36)20(28)6-5-15-7-21-22(9-19(15)27)34(14-31-21)18-12-38-13-18/h4,7,9,14,16-18H,1,8,10-13,28H2,2-3H3,(H2,29,36)(H,30,32)/p+1/b24-20-/t16?,17-/m1/s1. The number of amides is 2. The summed E-state index contributed by atoms with van der Waals surface area (Å²) in [6.07, 6.45) is 3.50. The highest BCUT2D eigenvalue weighted by atomic mass is 19.1. The molecule has 1 unspecified atom stereocenters. The van der Waals surface area contributed by atoms with Gasteiger partial charge in [-0.05, 0) is 18.1 Å². The summed E-state index contributed by atoms with van der Waals surface area (Å²) in [6, 6.07) is 2.75. The number of nitrogens with zero attached hydrogens (tertiary/aromatic N) is 4. The van der Waals surface area contributed by atoms with Crippen LogP contribution in [0.15, 0.2) is 47.4 Å². The normalized spacial score (nSPS) is 20.5. The molecule has 2 amide bonds. The van der Waals surface area contributed by atoms with Crippen LogP contribution in [-0.2, 0) is 19.1 Å². The summed E-state index contributed by atoms with van der Waals surface area (Å²) >= 11 is 0. The van der Waals surface area contributed by atoms with Crippen molar-refractivity contribution in [3.05, 3.63) is 53.8 Å². The number of benzene rings is 1. The number of hydrogen-bond acceptors (Lipinski definition) is 7. The molecule has 2 atom stereocenters. The number of aromatic nitrogens is 2. The van der Waals surface area contributed by atoms with Crippen LogP contribution in [0.25, 0.3) is 11.0 Å². The van der Waals surface area contributed by atoms with Crippen LogP contribution in [0.3, 0.4) is 0 Å². The summed E-state index contributed by atoms with van der Waals surface area (Å²) < 4.78 is 27.2. The van der Waals surface area contributed by atoms with Gasteiger partial charge in [0.15, 0.2) is 5.57 Å². The van der Waals surface area contributed by atoms with Crippen molar-refractivity contribution in [1.82, 2.24) is 14.5 Å². The molecule has 1 aromatic heterocycles. The van der Waals surface area contributed by atoms with Gasteiger partial charge in [-0.1, -0.05) is 12.5 Å². The van der Waals surface area contributed by atoms with Crippen LogP contribution in [0.2, 0.25) is 0 Å². The molecule has 4 rings (SSSR count). The first kappa shape index (κ1) is 27.0. The predicted octanol–water partition coefficient (Wildman–Crippen LogP) is -0.810. The molecule has 2 aliphatic heterocycles. The molecule has 0 bridgehead atoms. The first-order valence-corrected chi connectivity index (χ1v) is 12.1. The lowest BCUT2D eigenvalue weighted by Gasteiger charge is -2.27. The molecule has 1 aromatic carbocycles. The van der Waals surface area contributed by atoms with E-state index in [-0.39, 0.29) is 46.7 Å². The van der Waals surface area contributed by atoms with Crippen molar-refractivity contribution in [2.24, 2.45) is 16.5 Å². The molecule has 12 heteroatoms. The van der Waals surface area contributed by atoms with Crippen LogP contribution in [-0.4, -0.2) is 84.7 Å². The Morgan fingerprint density at radius 2 is 2.16 bits per heavy atom. The highest BCUT2D eigenvalue weighted by Gasteiger charge is 2.38. The van der Waals surface area contributed by atoms with Crippen molar-refractivity contribution >= 4 is 28.7 Å². The van der Waals surface area contributed by atoms with Crippen LogP contribution in [0.4, 0.5) is 4.39 Å². The minimum Gasteiger partial charge on any atom is -0.391 e. The van der Waals surface area contributed by atoms with Crippen molar-refractivity contribution < 1.29 is 28.8 Å². The highest BCUT2D eigenvalue weighted by Crippen LogP contribution is 2.25. The highest BCUT2D eigenvalue weighted by molar-refractivity contribution is 6.17. The maximum absolute atomic E-state index is 14.9. The van der Waals surface area contributed by atoms with E-state index >= 15 is 0 Å². The third-order valence-corrected chi connectivity index (χ3v) is 6.68. The molecule has 2 aromatic rings. The molecule has 0 aliphatic carbocycles. The van der Waals surface area contributed by atoms with E-state index in [0.29, 0.717) is 43.8 Å². The van der Waals surface area contributed by atoms with E-state index in [1.54, 1.807) is 23.7 Å². The number of amidine groups is 1. The summed E-state index contributed by atoms with van der Waals surface area (Å²) in [5, 5.41) is 1.75. The van der Waals surface area contributed by atoms with Crippen LogP contribution in [0.5, 0.6) is 0 Å². The molecule has 200 valence electrons. The fraction of sp³-hybridized carbons (Fsp3) is 0.385. The number of carbonyl (C=O) groups excluding carboxylic acids is 2. The number of imidazole rings is 1. The van der Waals surface area contributed by atoms with Crippen LogP contribution < -0.4 is 16.8 Å². The van der Waals surface area contributed by atoms with Gasteiger partial charge in [0.1, 0.15) is 17.6 Å². The maximum Gasteiger partial charge on any atom is 0.259 e. The van der Waals surface area contributed by atoms with Gasteiger partial charge in [0.25, 0.3) is 5.91 Å². The molecule has 6 N–H and O–H groups in total. The Balaban J connectivity index is 1.58. The number of rotatable bonds is 7. The van der Waals surface area contributed by atoms with Crippen molar-refractivity contribution in [2.75, 3.05) is 40.5 Å². The first-order chi connectivity index (χ1) is 18.3. The molecule has 0 radical (unpaired) electrons. The van der Waals surface area contributed by atoms with E-state index in [9.17, 15) is 14.0 Å². The van der Waals surface area contributed by atoms with Crippen LogP contribution >= 0.6 is 0 Å². The Kier molecular flexibility index (Phi) is 8.21. The first-order valence-electron chi connectivity index (χ1n) is 12.1. The van der Waals surface area contributed by atoms with E-state index in [1.165, 1.54) is 25.3 Å². The second kappa shape index (κ2) is 11.6. The lowest BCUT2D eigenvalue weighted by atomic mass is 10.1. The van der Waals surface area contributed by atoms with Crippen LogP contribution in [0, 0.1) is 17.7 Å². The Morgan fingerprint density at radius 1 is 1.39 bits per heavy atom. The van der Waals surface area contributed by atoms with E-state index < -0.39 is 11.7 Å². The van der Waals surface area contributed by atoms with Crippen molar-refractivity contribution in [2.45, 2.75) is 24.5 Å². The van der Waals surface area contributed by atoms with Crippen molar-refractivity contribution in [1.29, 1.82) is 0 Å². The number of nitrogens with two attached hydrogens (primary N) is 3. The topological polar surface area (TPSA) is 155 Å². The van der Waals surface area contributed by atoms with Gasteiger partial charge in [0, 0.05) is 26.6 Å². The van der Waals surface area contributed by atoms with Gasteiger partial charge in [0.05, 0.1) is 61.4 Å². The number of allylic oxidation sites excluding steroid dienone is 1. The summed E-state index contributed by atoms with van der Waals surface area (Å²) in [7, 11) is 3.07. The minimum atomic E-state index is -0.823. The van der Waals surface area contributed by atoms with Crippen molar-refractivity contribution in [3.8, 4) is 11.8 Å². The maximum atomic E-state index is 14.9. The largest absolute Gasteiger partial charge is 0.391 e. The predicted molar refractivity (Wildman–Crippen MR) is 138 cm³/mol. The number of methoxy groups -OCH3 is 1. The molecule has 3 heterocycles. The SMILES string of the molecule is C=CC(=O)N1CC([NH2+]C(=NC)/C(C(N)=O)=C(\N)C#Cc2cc3ncn(C4COC4)c3cc2F)C[C@@H]1COC. The lowest BCUT2D eigenvalue weighted by Crippen LogP contribution is -2.94. The number of fused-ring (bicyclic) bond motifs is 1. The van der Waals surface area contributed by atoms with Gasteiger partial charge in [0.2, 0.25) is 11.7 Å². The molecule has 2 aliphatic rings. The zero-order valence-electron chi connectivity index (χ0n) is 21.3. The van der Waals surface area contributed by atoms with Gasteiger partial charge in [-0.25, -0.2) is 14.4 Å². The number of aliphatic imine (C=N–C) groups is 1. The third-order valence-electron chi connectivity index (χ3n) is 6.68. The fourth-order valence-corrected chi connectivity index (χ4v) is 4.72. The summed E-state index contributed by atoms with van der Waals surface area (Å²) in [6.45, 7) is 5.42. The summed E-state index contributed by atoms with van der Waals surface area (Å²) in [4.78, 5) is 34.9. The molecule has 0 saturated carbocycles. The van der Waals surface area contributed by atoms with E-state index in [4.69, 9.17) is 20.9 Å². The van der Waals surface area contributed by atoms with Gasteiger partial charge < -0.3 is 30.4 Å². The van der Waals surface area contributed by atoms with Gasteiger partial charge in [-0.15, -0.1) is 0 Å². The fourth-order valence-electron chi connectivity index (χ4n) is 4.72. The second-order valence-corrected chi connectivity index (χ2v) is 9.14.